The second kappa shape index (κ2) is 7.64. The number of ether oxygens (including phenoxy) is 2. The van der Waals surface area contributed by atoms with Gasteiger partial charge in [-0.25, -0.2) is 0 Å². The molecule has 3 rings (SSSR count). The highest BCUT2D eigenvalue weighted by molar-refractivity contribution is 6.30. The SMILES string of the molecule is OC(COc1ccc(Cl)cc1)CN(CC1CCOC1)C1CC1. The minimum absolute atomic E-state index is 0.312. The molecule has 1 saturated heterocycles. The molecule has 0 aromatic heterocycles. The molecule has 1 N–H and O–H groups in total. The molecule has 1 aliphatic heterocycles. The van der Waals surface area contributed by atoms with E-state index in [1.165, 1.54) is 12.8 Å². The number of hydrogen-bond acceptors (Lipinski definition) is 4. The second-order valence-corrected chi connectivity index (χ2v) is 6.77. The van der Waals surface area contributed by atoms with Crippen LogP contribution in [0.2, 0.25) is 5.02 Å². The van der Waals surface area contributed by atoms with Crippen LogP contribution in [0.25, 0.3) is 0 Å². The van der Waals surface area contributed by atoms with Gasteiger partial charge >= 0.3 is 0 Å². The second-order valence-electron chi connectivity index (χ2n) is 6.33. The number of rotatable bonds is 8. The van der Waals surface area contributed by atoms with Crippen molar-refractivity contribution in [1.29, 1.82) is 0 Å². The monoisotopic (exact) mass is 325 g/mol. The maximum atomic E-state index is 10.3. The molecule has 4 nitrogen and oxygen atoms in total. The highest BCUT2D eigenvalue weighted by atomic mass is 35.5. The van der Waals surface area contributed by atoms with Gasteiger partial charge in [0.2, 0.25) is 0 Å². The Balaban J connectivity index is 1.44. The van der Waals surface area contributed by atoms with Crippen molar-refractivity contribution in [3.63, 3.8) is 0 Å². The van der Waals surface area contributed by atoms with Crippen LogP contribution in [0.1, 0.15) is 19.3 Å². The lowest BCUT2D eigenvalue weighted by atomic mass is 10.1. The van der Waals surface area contributed by atoms with Gasteiger partial charge in [0.05, 0.1) is 6.61 Å². The van der Waals surface area contributed by atoms with Crippen LogP contribution in [0.3, 0.4) is 0 Å². The van der Waals surface area contributed by atoms with E-state index in [9.17, 15) is 5.11 Å². The number of hydrogen-bond donors (Lipinski definition) is 1. The van der Waals surface area contributed by atoms with Crippen LogP contribution in [-0.4, -0.2) is 55.1 Å². The fourth-order valence-electron chi connectivity index (χ4n) is 2.92. The van der Waals surface area contributed by atoms with Crippen LogP contribution in [0, 0.1) is 5.92 Å². The van der Waals surface area contributed by atoms with Gasteiger partial charge in [-0.15, -0.1) is 0 Å². The highest BCUT2D eigenvalue weighted by Crippen LogP contribution is 2.29. The maximum absolute atomic E-state index is 10.3. The lowest BCUT2D eigenvalue weighted by Gasteiger charge is -2.27. The fraction of sp³-hybridized carbons (Fsp3) is 0.647. The van der Waals surface area contributed by atoms with E-state index in [2.05, 4.69) is 4.90 Å². The Morgan fingerprint density at radius 1 is 1.27 bits per heavy atom. The van der Waals surface area contributed by atoms with Crippen molar-refractivity contribution in [2.24, 2.45) is 5.92 Å². The molecular formula is C17H24ClNO3. The van der Waals surface area contributed by atoms with Crippen LogP contribution in [0.15, 0.2) is 24.3 Å². The molecule has 22 heavy (non-hydrogen) atoms. The van der Waals surface area contributed by atoms with Gasteiger partial charge in [-0.05, 0) is 49.4 Å². The average molecular weight is 326 g/mol. The molecule has 0 amide bonds. The molecule has 1 aliphatic carbocycles. The van der Waals surface area contributed by atoms with Crippen LogP contribution < -0.4 is 4.74 Å². The number of aliphatic hydroxyl groups excluding tert-OH is 1. The van der Waals surface area contributed by atoms with Crippen molar-refractivity contribution in [3.05, 3.63) is 29.3 Å². The zero-order valence-corrected chi connectivity index (χ0v) is 13.5. The summed E-state index contributed by atoms with van der Waals surface area (Å²) in [5.74, 6) is 1.36. The summed E-state index contributed by atoms with van der Waals surface area (Å²) in [6.07, 6.45) is 3.16. The minimum atomic E-state index is -0.474. The van der Waals surface area contributed by atoms with E-state index in [1.807, 2.05) is 12.1 Å². The first-order valence-electron chi connectivity index (χ1n) is 8.09. The van der Waals surface area contributed by atoms with Crippen molar-refractivity contribution in [2.45, 2.75) is 31.4 Å². The lowest BCUT2D eigenvalue weighted by Crippen LogP contribution is -2.40. The molecule has 0 spiro atoms. The fourth-order valence-corrected chi connectivity index (χ4v) is 3.04. The van der Waals surface area contributed by atoms with Gasteiger partial charge in [-0.1, -0.05) is 11.6 Å². The lowest BCUT2D eigenvalue weighted by molar-refractivity contribution is 0.0581. The van der Waals surface area contributed by atoms with Gasteiger partial charge in [0.25, 0.3) is 0 Å². The number of nitrogens with zero attached hydrogens (tertiary/aromatic N) is 1. The Hall–Kier alpha value is -0.810. The molecule has 0 bridgehead atoms. The summed E-state index contributed by atoms with van der Waals surface area (Å²) in [7, 11) is 0. The van der Waals surface area contributed by atoms with Gasteiger partial charge in [-0.3, -0.25) is 4.90 Å². The van der Waals surface area contributed by atoms with Crippen molar-refractivity contribution < 1.29 is 14.6 Å². The Morgan fingerprint density at radius 2 is 2.05 bits per heavy atom. The third-order valence-electron chi connectivity index (χ3n) is 4.28. The predicted octanol–water partition coefficient (Wildman–Crippen LogP) is 2.58. The van der Waals surface area contributed by atoms with E-state index < -0.39 is 6.10 Å². The van der Waals surface area contributed by atoms with Gasteiger partial charge in [0.15, 0.2) is 0 Å². The zero-order valence-electron chi connectivity index (χ0n) is 12.8. The minimum Gasteiger partial charge on any atom is -0.491 e. The van der Waals surface area contributed by atoms with Gasteiger partial charge < -0.3 is 14.6 Å². The number of benzene rings is 1. The van der Waals surface area contributed by atoms with E-state index in [0.29, 0.717) is 30.1 Å². The smallest absolute Gasteiger partial charge is 0.119 e. The quantitative estimate of drug-likeness (QED) is 0.797. The molecule has 2 fully saturated rings. The first kappa shape index (κ1) is 16.1. The summed E-state index contributed by atoms with van der Waals surface area (Å²) < 4.78 is 11.1. The molecule has 0 radical (unpaired) electrons. The van der Waals surface area contributed by atoms with Gasteiger partial charge in [0.1, 0.15) is 18.5 Å². The largest absolute Gasteiger partial charge is 0.491 e. The summed E-state index contributed by atoms with van der Waals surface area (Å²) >= 11 is 5.84. The Labute approximate surface area is 137 Å². The molecule has 2 unspecified atom stereocenters. The molecule has 1 heterocycles. The van der Waals surface area contributed by atoms with Crippen molar-refractivity contribution in [1.82, 2.24) is 4.90 Å². The summed E-state index contributed by atoms with van der Waals surface area (Å²) in [6, 6.07) is 7.87. The summed E-state index contributed by atoms with van der Waals surface area (Å²) in [4.78, 5) is 2.41. The van der Waals surface area contributed by atoms with Crippen LogP contribution in [-0.2, 0) is 4.74 Å². The Morgan fingerprint density at radius 3 is 2.68 bits per heavy atom. The van der Waals surface area contributed by atoms with E-state index >= 15 is 0 Å². The standard InChI is InChI=1S/C17H24ClNO3/c18-14-1-5-17(6-2-14)22-12-16(20)10-19(15-3-4-15)9-13-7-8-21-11-13/h1-2,5-6,13,15-16,20H,3-4,7-12H2. The summed E-state index contributed by atoms with van der Waals surface area (Å²) in [6.45, 7) is 3.76. The Kier molecular flexibility index (Phi) is 5.58. The van der Waals surface area contributed by atoms with Crippen LogP contribution in [0.5, 0.6) is 5.75 Å². The Bertz CT molecular complexity index is 457. The average Bonchev–Trinajstić information content (AvgIpc) is 3.24. The van der Waals surface area contributed by atoms with Gasteiger partial charge in [0, 0.05) is 30.8 Å². The molecule has 1 saturated carbocycles. The first-order chi connectivity index (χ1) is 10.7. The molecular weight excluding hydrogens is 302 g/mol. The van der Waals surface area contributed by atoms with Crippen LogP contribution >= 0.6 is 11.6 Å². The molecule has 2 atom stereocenters. The normalized spacial score (nSPS) is 23.0. The third kappa shape index (κ3) is 4.85. The molecule has 1 aromatic carbocycles. The van der Waals surface area contributed by atoms with E-state index in [0.717, 1.165) is 31.9 Å². The summed E-state index contributed by atoms with van der Waals surface area (Å²) in [5.41, 5.74) is 0. The van der Waals surface area contributed by atoms with E-state index in [4.69, 9.17) is 21.1 Å². The molecule has 5 heteroatoms. The maximum Gasteiger partial charge on any atom is 0.119 e. The topological polar surface area (TPSA) is 41.9 Å². The van der Waals surface area contributed by atoms with Crippen molar-refractivity contribution in [2.75, 3.05) is 32.9 Å². The van der Waals surface area contributed by atoms with Crippen LogP contribution in [0.4, 0.5) is 0 Å². The number of halogens is 1. The van der Waals surface area contributed by atoms with E-state index in [1.54, 1.807) is 12.1 Å². The summed E-state index contributed by atoms with van der Waals surface area (Å²) in [5, 5.41) is 10.9. The number of aliphatic hydroxyl groups is 1. The van der Waals surface area contributed by atoms with E-state index in [-0.39, 0.29) is 0 Å². The first-order valence-corrected chi connectivity index (χ1v) is 8.47. The predicted molar refractivity (Wildman–Crippen MR) is 86.5 cm³/mol. The molecule has 1 aromatic rings. The van der Waals surface area contributed by atoms with Crippen molar-refractivity contribution >= 4 is 11.6 Å². The molecule has 122 valence electrons. The van der Waals surface area contributed by atoms with Gasteiger partial charge in [-0.2, -0.15) is 0 Å². The molecule has 2 aliphatic rings. The zero-order chi connectivity index (χ0) is 15.4. The third-order valence-corrected chi connectivity index (χ3v) is 4.53. The van der Waals surface area contributed by atoms with Crippen molar-refractivity contribution in [3.8, 4) is 5.75 Å². The highest BCUT2D eigenvalue weighted by Gasteiger charge is 2.32.